The highest BCUT2D eigenvalue weighted by molar-refractivity contribution is 9.12. The molecular weight excluding hydrogens is 418 g/mol. The molecule has 1 N–H and O–H groups in total. The summed E-state index contributed by atoms with van der Waals surface area (Å²) in [5.41, 5.74) is 0.563. The van der Waals surface area contributed by atoms with Crippen LogP contribution in [-0.4, -0.2) is 32.5 Å². The van der Waals surface area contributed by atoms with Gasteiger partial charge >= 0.3 is 5.97 Å². The first-order chi connectivity index (χ1) is 10.4. The number of imide groups is 1. The van der Waals surface area contributed by atoms with Crippen LogP contribution in [0.3, 0.4) is 0 Å². The molecule has 3 rings (SSSR count). The molecule has 1 aliphatic heterocycles. The second-order valence-electron chi connectivity index (χ2n) is 5.58. The highest BCUT2D eigenvalue weighted by Gasteiger charge is 2.52. The highest BCUT2D eigenvalue weighted by atomic mass is 79.9. The number of amides is 2. The van der Waals surface area contributed by atoms with Crippen LogP contribution < -0.4 is 4.90 Å². The lowest BCUT2D eigenvalue weighted by molar-refractivity contribution is -0.122. The van der Waals surface area contributed by atoms with E-state index in [-0.39, 0.29) is 38.9 Å². The Bertz CT molecular complexity index is 617. The molecule has 0 spiro atoms. The average Bonchev–Trinajstić information content (AvgIpc) is 2.72. The number of hydrogen-bond donors (Lipinski definition) is 1. The number of hydrogen-bond acceptors (Lipinski definition) is 3. The third kappa shape index (κ3) is 2.50. The Morgan fingerprint density at radius 3 is 1.86 bits per heavy atom. The van der Waals surface area contributed by atoms with Crippen molar-refractivity contribution >= 4 is 55.3 Å². The molecule has 1 heterocycles. The number of aromatic carboxylic acids is 1. The SMILES string of the molecule is O=C(O)c1ccc(N2C(=O)[C@H]3C[C@@H](Br)[C@@H](Br)C[C@@H]3C2=O)cc1. The van der Waals surface area contributed by atoms with Crippen molar-refractivity contribution < 1.29 is 19.5 Å². The zero-order chi connectivity index (χ0) is 16.0. The molecule has 1 aromatic rings. The molecule has 1 aliphatic carbocycles. The first kappa shape index (κ1) is 15.7. The normalized spacial score (nSPS) is 31.3. The number of carbonyl (C=O) groups is 3. The number of halogens is 2. The highest BCUT2D eigenvalue weighted by Crippen LogP contribution is 2.44. The van der Waals surface area contributed by atoms with Gasteiger partial charge in [-0.05, 0) is 37.1 Å². The van der Waals surface area contributed by atoms with Gasteiger partial charge in [0.2, 0.25) is 11.8 Å². The molecule has 1 saturated heterocycles. The summed E-state index contributed by atoms with van der Waals surface area (Å²) in [6.45, 7) is 0. The fourth-order valence-electron chi connectivity index (χ4n) is 3.10. The number of carboxylic acids is 1. The quantitative estimate of drug-likeness (QED) is 0.578. The molecule has 0 aromatic heterocycles. The molecule has 0 radical (unpaired) electrons. The summed E-state index contributed by atoms with van der Waals surface area (Å²) in [5, 5.41) is 8.91. The van der Waals surface area contributed by atoms with Gasteiger partial charge in [-0.15, -0.1) is 0 Å². The summed E-state index contributed by atoms with van der Waals surface area (Å²) < 4.78 is 0. The number of fused-ring (bicyclic) bond motifs is 1. The van der Waals surface area contributed by atoms with Crippen molar-refractivity contribution in [3.8, 4) is 0 Å². The van der Waals surface area contributed by atoms with Crippen molar-refractivity contribution in [2.45, 2.75) is 22.5 Å². The molecule has 1 saturated carbocycles. The maximum Gasteiger partial charge on any atom is 0.335 e. The lowest BCUT2D eigenvalue weighted by atomic mass is 9.81. The van der Waals surface area contributed by atoms with Crippen LogP contribution in [0.2, 0.25) is 0 Å². The minimum absolute atomic E-state index is 0.126. The average molecular weight is 431 g/mol. The van der Waals surface area contributed by atoms with Crippen molar-refractivity contribution in [3.63, 3.8) is 0 Å². The number of anilines is 1. The predicted molar refractivity (Wildman–Crippen MR) is 87.5 cm³/mol. The second-order valence-corrected chi connectivity index (χ2v) is 7.93. The molecule has 0 unspecified atom stereocenters. The predicted octanol–water partition coefficient (Wildman–Crippen LogP) is 2.81. The molecule has 0 bridgehead atoms. The second kappa shape index (κ2) is 5.77. The van der Waals surface area contributed by atoms with Crippen molar-refractivity contribution in [3.05, 3.63) is 29.8 Å². The van der Waals surface area contributed by atoms with Crippen LogP contribution in [0.15, 0.2) is 24.3 Å². The van der Waals surface area contributed by atoms with Gasteiger partial charge in [-0.25, -0.2) is 4.79 Å². The molecule has 22 heavy (non-hydrogen) atoms. The number of alkyl halides is 2. The van der Waals surface area contributed by atoms with Crippen LogP contribution in [-0.2, 0) is 9.59 Å². The van der Waals surface area contributed by atoms with Crippen molar-refractivity contribution in [1.29, 1.82) is 0 Å². The number of carboxylic acid groups (broad SMARTS) is 1. The van der Waals surface area contributed by atoms with Gasteiger partial charge in [-0.3, -0.25) is 14.5 Å². The van der Waals surface area contributed by atoms with Gasteiger partial charge in [-0.1, -0.05) is 31.9 Å². The smallest absolute Gasteiger partial charge is 0.335 e. The standard InChI is InChI=1S/C15H13Br2NO4/c16-11-5-9-10(6-12(11)17)14(20)18(13(9)19)8-3-1-7(2-4-8)15(21)22/h1-4,9-12H,5-6H2,(H,21,22)/t9-,10-,11-,12+/m0/s1. The Balaban J connectivity index is 1.90. The summed E-state index contributed by atoms with van der Waals surface area (Å²) in [4.78, 5) is 37.6. The molecular formula is C15H13Br2NO4. The van der Waals surface area contributed by atoms with E-state index in [1.165, 1.54) is 29.2 Å². The Hall–Kier alpha value is -1.21. The van der Waals surface area contributed by atoms with Gasteiger partial charge in [0.05, 0.1) is 23.1 Å². The van der Waals surface area contributed by atoms with E-state index >= 15 is 0 Å². The molecule has 2 fully saturated rings. The van der Waals surface area contributed by atoms with Gasteiger partial charge in [0, 0.05) is 9.65 Å². The molecule has 116 valence electrons. The molecule has 4 atom stereocenters. The summed E-state index contributed by atoms with van der Waals surface area (Å²) in [6, 6.07) is 5.82. The van der Waals surface area contributed by atoms with Gasteiger partial charge in [0.25, 0.3) is 0 Å². The zero-order valence-electron chi connectivity index (χ0n) is 11.4. The first-order valence-electron chi connectivity index (χ1n) is 6.89. The Labute approximate surface area is 143 Å². The van der Waals surface area contributed by atoms with Crippen molar-refractivity contribution in [1.82, 2.24) is 0 Å². The lowest BCUT2D eigenvalue weighted by Crippen LogP contribution is -2.34. The van der Waals surface area contributed by atoms with Crippen LogP contribution >= 0.6 is 31.9 Å². The van der Waals surface area contributed by atoms with Crippen LogP contribution in [0, 0.1) is 11.8 Å². The number of benzene rings is 1. The van der Waals surface area contributed by atoms with Crippen LogP contribution in [0.25, 0.3) is 0 Å². The van der Waals surface area contributed by atoms with E-state index in [1.54, 1.807) is 0 Å². The number of carbonyl (C=O) groups excluding carboxylic acids is 2. The molecule has 2 aliphatic rings. The van der Waals surface area contributed by atoms with Gasteiger partial charge in [0.15, 0.2) is 0 Å². The minimum atomic E-state index is -1.04. The number of rotatable bonds is 2. The molecule has 1 aromatic carbocycles. The Morgan fingerprint density at radius 2 is 1.45 bits per heavy atom. The van der Waals surface area contributed by atoms with E-state index in [1.807, 2.05) is 0 Å². The van der Waals surface area contributed by atoms with E-state index in [0.29, 0.717) is 18.5 Å². The lowest BCUT2D eigenvalue weighted by Gasteiger charge is -2.29. The van der Waals surface area contributed by atoms with Crippen LogP contribution in [0.5, 0.6) is 0 Å². The van der Waals surface area contributed by atoms with Gasteiger partial charge < -0.3 is 5.11 Å². The topological polar surface area (TPSA) is 74.7 Å². The maximum absolute atomic E-state index is 12.6. The largest absolute Gasteiger partial charge is 0.478 e. The van der Waals surface area contributed by atoms with E-state index in [2.05, 4.69) is 31.9 Å². The van der Waals surface area contributed by atoms with Gasteiger partial charge in [-0.2, -0.15) is 0 Å². The summed E-state index contributed by atoms with van der Waals surface area (Å²) in [6.07, 6.45) is 1.24. The third-order valence-corrected chi connectivity index (χ3v) is 7.02. The fourth-order valence-corrected chi connectivity index (χ4v) is 4.34. The summed E-state index contributed by atoms with van der Waals surface area (Å²) in [5.74, 6) is -2.03. The maximum atomic E-state index is 12.6. The minimum Gasteiger partial charge on any atom is -0.478 e. The van der Waals surface area contributed by atoms with Crippen molar-refractivity contribution in [2.24, 2.45) is 11.8 Å². The van der Waals surface area contributed by atoms with Crippen molar-refractivity contribution in [2.75, 3.05) is 4.90 Å². The monoisotopic (exact) mass is 429 g/mol. The van der Waals surface area contributed by atoms with E-state index in [9.17, 15) is 14.4 Å². The van der Waals surface area contributed by atoms with Crippen LogP contribution in [0.4, 0.5) is 5.69 Å². The summed E-state index contributed by atoms with van der Waals surface area (Å²) >= 11 is 7.09. The van der Waals surface area contributed by atoms with Crippen LogP contribution in [0.1, 0.15) is 23.2 Å². The Morgan fingerprint density at radius 1 is 1.00 bits per heavy atom. The van der Waals surface area contributed by atoms with E-state index in [0.717, 1.165) is 0 Å². The molecule has 2 amide bonds. The molecule has 7 heteroatoms. The fraction of sp³-hybridized carbons (Fsp3) is 0.400. The first-order valence-corrected chi connectivity index (χ1v) is 8.72. The Kier molecular flexibility index (Phi) is 4.11. The van der Waals surface area contributed by atoms with E-state index < -0.39 is 5.97 Å². The third-order valence-electron chi connectivity index (χ3n) is 4.28. The van der Waals surface area contributed by atoms with Gasteiger partial charge in [0.1, 0.15) is 0 Å². The van der Waals surface area contributed by atoms with E-state index in [4.69, 9.17) is 5.11 Å². The number of nitrogens with zero attached hydrogens (tertiary/aromatic N) is 1. The molecule has 5 nitrogen and oxygen atoms in total. The summed E-state index contributed by atoms with van der Waals surface area (Å²) in [7, 11) is 0. The zero-order valence-corrected chi connectivity index (χ0v) is 14.6.